The second-order valence-electron chi connectivity index (χ2n) is 3.75. The number of rotatable bonds is 5. The van der Waals surface area contributed by atoms with Crippen LogP contribution in [0.4, 0.5) is 0 Å². The molecule has 1 aromatic rings. The van der Waals surface area contributed by atoms with Crippen molar-refractivity contribution in [2.75, 3.05) is 20.7 Å². The van der Waals surface area contributed by atoms with Crippen molar-refractivity contribution < 1.29 is 14.6 Å². The molecule has 0 saturated carbocycles. The summed E-state index contributed by atoms with van der Waals surface area (Å²) in [6.07, 6.45) is -1.08. The van der Waals surface area contributed by atoms with Crippen LogP contribution in [0.3, 0.4) is 0 Å². The largest absolute Gasteiger partial charge is 0.381 e. The molecular formula is C12H17NO3. The Bertz CT molecular complexity index is 324. The number of likely N-dealkylation sites (N-methyl/N-ethyl adjacent to an activating group) is 1. The lowest BCUT2D eigenvalue weighted by atomic mass is 10.2. The number of amides is 1. The molecule has 1 aromatic carbocycles. The fourth-order valence-electron chi connectivity index (χ4n) is 1.23. The second kappa shape index (κ2) is 6.25. The van der Waals surface area contributed by atoms with Crippen molar-refractivity contribution in [3.05, 3.63) is 35.9 Å². The first-order valence-corrected chi connectivity index (χ1v) is 5.12. The summed E-state index contributed by atoms with van der Waals surface area (Å²) in [6, 6.07) is 9.62. The van der Waals surface area contributed by atoms with Gasteiger partial charge in [0.25, 0.3) is 5.91 Å². The first-order chi connectivity index (χ1) is 7.61. The van der Waals surface area contributed by atoms with E-state index >= 15 is 0 Å². The predicted molar refractivity (Wildman–Crippen MR) is 60.8 cm³/mol. The molecule has 1 amide bonds. The van der Waals surface area contributed by atoms with Crippen molar-refractivity contribution in [3.8, 4) is 0 Å². The van der Waals surface area contributed by atoms with Crippen molar-refractivity contribution in [2.24, 2.45) is 0 Å². The molecule has 0 aliphatic rings. The third kappa shape index (κ3) is 4.00. The number of carbonyl (C=O) groups excluding carboxylic acids is 1. The molecule has 0 bridgehead atoms. The Labute approximate surface area is 95.5 Å². The molecule has 1 N–H and O–H groups in total. The summed E-state index contributed by atoms with van der Waals surface area (Å²) >= 11 is 0. The van der Waals surface area contributed by atoms with E-state index in [1.165, 1.54) is 4.90 Å². The van der Waals surface area contributed by atoms with Gasteiger partial charge in [-0.1, -0.05) is 30.3 Å². The predicted octanol–water partition coefficient (Wildman–Crippen LogP) is 0.652. The monoisotopic (exact) mass is 223 g/mol. The lowest BCUT2D eigenvalue weighted by Crippen LogP contribution is -2.36. The number of aliphatic hydroxyl groups excluding tert-OH is 1. The molecule has 0 heterocycles. The van der Waals surface area contributed by atoms with Crippen molar-refractivity contribution in [2.45, 2.75) is 12.7 Å². The molecule has 16 heavy (non-hydrogen) atoms. The zero-order valence-corrected chi connectivity index (χ0v) is 9.59. The number of nitrogens with zero attached hydrogens (tertiary/aromatic N) is 1. The van der Waals surface area contributed by atoms with Crippen molar-refractivity contribution in [1.82, 2.24) is 4.90 Å². The molecule has 0 unspecified atom stereocenters. The summed E-state index contributed by atoms with van der Waals surface area (Å²) in [5.41, 5.74) is 1.02. The molecule has 0 radical (unpaired) electrons. The van der Waals surface area contributed by atoms with Crippen LogP contribution in [0.1, 0.15) is 5.56 Å². The average Bonchev–Trinajstić information content (AvgIpc) is 2.29. The van der Waals surface area contributed by atoms with Gasteiger partial charge in [-0.05, 0) is 5.56 Å². The Morgan fingerprint density at radius 3 is 2.56 bits per heavy atom. The molecule has 0 aliphatic heterocycles. The smallest absolute Gasteiger partial charge is 0.253 e. The van der Waals surface area contributed by atoms with Crippen molar-refractivity contribution in [1.29, 1.82) is 0 Å². The molecule has 1 atom stereocenters. The van der Waals surface area contributed by atoms with E-state index in [-0.39, 0.29) is 12.5 Å². The number of hydrogen-bond donors (Lipinski definition) is 1. The highest BCUT2D eigenvalue weighted by Crippen LogP contribution is 2.01. The first-order valence-electron chi connectivity index (χ1n) is 5.12. The highest BCUT2D eigenvalue weighted by molar-refractivity contribution is 5.80. The molecule has 4 nitrogen and oxygen atoms in total. The highest BCUT2D eigenvalue weighted by Gasteiger charge is 2.16. The van der Waals surface area contributed by atoms with Gasteiger partial charge in [-0.25, -0.2) is 0 Å². The average molecular weight is 223 g/mol. The minimum absolute atomic E-state index is 0.0197. The highest BCUT2D eigenvalue weighted by atomic mass is 16.5. The Kier molecular flexibility index (Phi) is 4.95. The molecule has 1 rings (SSSR count). The normalized spacial score (nSPS) is 12.2. The maximum absolute atomic E-state index is 11.3. The van der Waals surface area contributed by atoms with Gasteiger partial charge in [-0.15, -0.1) is 0 Å². The van der Waals surface area contributed by atoms with Gasteiger partial charge in [0.15, 0.2) is 6.10 Å². The zero-order valence-electron chi connectivity index (χ0n) is 9.59. The zero-order chi connectivity index (χ0) is 12.0. The van der Waals surface area contributed by atoms with E-state index in [9.17, 15) is 9.90 Å². The van der Waals surface area contributed by atoms with E-state index in [2.05, 4.69) is 0 Å². The van der Waals surface area contributed by atoms with Crippen LogP contribution < -0.4 is 0 Å². The molecule has 0 fully saturated rings. The number of carbonyl (C=O) groups is 1. The maximum atomic E-state index is 11.3. The van der Waals surface area contributed by atoms with E-state index in [0.717, 1.165) is 5.56 Å². The van der Waals surface area contributed by atoms with Crippen LogP contribution in [-0.2, 0) is 16.1 Å². The molecule has 88 valence electrons. The van der Waals surface area contributed by atoms with Gasteiger partial charge in [0, 0.05) is 14.1 Å². The maximum Gasteiger partial charge on any atom is 0.253 e. The van der Waals surface area contributed by atoms with Crippen LogP contribution in [0.5, 0.6) is 0 Å². The summed E-state index contributed by atoms with van der Waals surface area (Å²) in [7, 11) is 3.20. The minimum Gasteiger partial charge on any atom is -0.381 e. The van der Waals surface area contributed by atoms with Crippen LogP contribution in [-0.4, -0.2) is 42.7 Å². The van der Waals surface area contributed by atoms with E-state index in [1.807, 2.05) is 30.3 Å². The summed E-state index contributed by atoms with van der Waals surface area (Å²) in [5, 5.41) is 9.45. The van der Waals surface area contributed by atoms with Crippen LogP contribution >= 0.6 is 0 Å². The van der Waals surface area contributed by atoms with Crippen molar-refractivity contribution in [3.63, 3.8) is 0 Å². The molecule has 0 saturated heterocycles. The van der Waals surface area contributed by atoms with Gasteiger partial charge < -0.3 is 14.7 Å². The van der Waals surface area contributed by atoms with Crippen molar-refractivity contribution >= 4 is 5.91 Å². The lowest BCUT2D eigenvalue weighted by Gasteiger charge is -2.15. The van der Waals surface area contributed by atoms with Gasteiger partial charge in [-0.3, -0.25) is 4.79 Å². The van der Waals surface area contributed by atoms with Gasteiger partial charge in [0.2, 0.25) is 0 Å². The Morgan fingerprint density at radius 1 is 1.38 bits per heavy atom. The molecule has 0 aliphatic carbocycles. The summed E-state index contributed by atoms with van der Waals surface area (Å²) in [4.78, 5) is 12.6. The lowest BCUT2D eigenvalue weighted by molar-refractivity contribution is -0.140. The van der Waals surface area contributed by atoms with E-state index < -0.39 is 6.10 Å². The van der Waals surface area contributed by atoms with E-state index in [0.29, 0.717) is 6.61 Å². The number of hydrogen-bond acceptors (Lipinski definition) is 3. The second-order valence-corrected chi connectivity index (χ2v) is 3.75. The van der Waals surface area contributed by atoms with Gasteiger partial charge in [0.1, 0.15) is 0 Å². The molecular weight excluding hydrogens is 206 g/mol. The van der Waals surface area contributed by atoms with Crippen LogP contribution in [0.25, 0.3) is 0 Å². The van der Waals surface area contributed by atoms with Crippen LogP contribution in [0.2, 0.25) is 0 Å². The third-order valence-corrected chi connectivity index (χ3v) is 2.11. The summed E-state index contributed by atoms with van der Waals surface area (Å²) < 4.78 is 5.26. The summed E-state index contributed by atoms with van der Waals surface area (Å²) in [6.45, 7) is 0.421. The topological polar surface area (TPSA) is 49.8 Å². The molecule has 4 heteroatoms. The molecule has 0 aromatic heterocycles. The SMILES string of the molecule is CN(C)C(=O)[C@H](O)COCc1ccccc1. The first kappa shape index (κ1) is 12.7. The number of benzene rings is 1. The Balaban J connectivity index is 2.28. The van der Waals surface area contributed by atoms with Gasteiger partial charge in [0.05, 0.1) is 13.2 Å². The van der Waals surface area contributed by atoms with Crippen LogP contribution in [0, 0.1) is 0 Å². The quantitative estimate of drug-likeness (QED) is 0.797. The number of aliphatic hydroxyl groups is 1. The fraction of sp³-hybridized carbons (Fsp3) is 0.417. The summed E-state index contributed by atoms with van der Waals surface area (Å²) in [5.74, 6) is -0.340. The Hall–Kier alpha value is -1.39. The minimum atomic E-state index is -1.08. The standard InChI is InChI=1S/C12H17NO3/c1-13(2)12(15)11(14)9-16-8-10-6-4-3-5-7-10/h3-7,11,14H,8-9H2,1-2H3/t11-/m1/s1. The number of ether oxygens (including phenoxy) is 1. The third-order valence-electron chi connectivity index (χ3n) is 2.11. The Morgan fingerprint density at radius 2 is 2.00 bits per heavy atom. The van der Waals surface area contributed by atoms with E-state index in [4.69, 9.17) is 4.74 Å². The van der Waals surface area contributed by atoms with Crippen LogP contribution in [0.15, 0.2) is 30.3 Å². The van der Waals surface area contributed by atoms with Gasteiger partial charge in [-0.2, -0.15) is 0 Å². The van der Waals surface area contributed by atoms with E-state index in [1.54, 1.807) is 14.1 Å². The van der Waals surface area contributed by atoms with Gasteiger partial charge >= 0.3 is 0 Å². The fourth-order valence-corrected chi connectivity index (χ4v) is 1.23. The molecule has 0 spiro atoms.